The van der Waals surface area contributed by atoms with E-state index >= 15 is 8.78 Å². The van der Waals surface area contributed by atoms with Gasteiger partial charge in [-0.05, 0) is 53.8 Å². The van der Waals surface area contributed by atoms with Crippen LogP contribution in [0.3, 0.4) is 0 Å². The first-order valence-electron chi connectivity index (χ1n) is 13.2. The molecule has 11 heteroatoms. The van der Waals surface area contributed by atoms with E-state index < -0.39 is 40.6 Å². The van der Waals surface area contributed by atoms with Crippen molar-refractivity contribution in [3.63, 3.8) is 0 Å². The Hall–Kier alpha value is -3.24. The average Bonchev–Trinajstić information content (AvgIpc) is 3.15. The average molecular weight is 621 g/mol. The van der Waals surface area contributed by atoms with Gasteiger partial charge in [0.05, 0.1) is 28.9 Å². The fourth-order valence-electron chi connectivity index (χ4n) is 5.96. The highest BCUT2D eigenvalue weighted by molar-refractivity contribution is 6.31. The number of carboxylic acid groups (broad SMARTS) is 1. The fraction of sp³-hybridized carbons (Fsp3) is 0.355. The van der Waals surface area contributed by atoms with Crippen molar-refractivity contribution in [2.45, 2.75) is 50.2 Å². The van der Waals surface area contributed by atoms with E-state index in [-0.39, 0.29) is 44.4 Å². The van der Waals surface area contributed by atoms with Gasteiger partial charge in [-0.15, -0.1) is 0 Å². The highest BCUT2D eigenvalue weighted by Gasteiger charge is 2.63. The third-order valence-corrected chi connectivity index (χ3v) is 8.28. The minimum Gasteiger partial charge on any atom is -0.495 e. The zero-order valence-electron chi connectivity index (χ0n) is 23.6. The molecule has 1 aliphatic heterocycles. The smallest absolute Gasteiger partial charge is 0.335 e. The minimum absolute atomic E-state index is 0.00444. The predicted molar refractivity (Wildman–Crippen MR) is 160 cm³/mol. The molecule has 1 saturated heterocycles. The zero-order chi connectivity index (χ0) is 31.0. The van der Waals surface area contributed by atoms with E-state index in [0.29, 0.717) is 18.4 Å². The van der Waals surface area contributed by atoms with E-state index in [9.17, 15) is 14.7 Å². The number of carbonyl (C=O) groups excluding carboxylic acids is 1. The van der Waals surface area contributed by atoms with Gasteiger partial charge in [0.15, 0.2) is 0 Å². The summed E-state index contributed by atoms with van der Waals surface area (Å²) in [4.78, 5) is 24.7. The summed E-state index contributed by atoms with van der Waals surface area (Å²) in [7, 11) is 1.38. The van der Waals surface area contributed by atoms with Crippen LogP contribution in [0.4, 0.5) is 14.5 Å². The minimum atomic E-state index is -1.66. The Morgan fingerprint density at radius 3 is 2.48 bits per heavy atom. The molecule has 4 atom stereocenters. The number of aldehydes is 1. The van der Waals surface area contributed by atoms with E-state index in [0.717, 1.165) is 6.07 Å². The van der Waals surface area contributed by atoms with E-state index in [1.165, 1.54) is 49.6 Å². The second-order valence-electron chi connectivity index (χ2n) is 11.8. The lowest BCUT2D eigenvalue weighted by Crippen LogP contribution is -2.54. The summed E-state index contributed by atoms with van der Waals surface area (Å²) >= 11 is 12.3. The van der Waals surface area contributed by atoms with Crippen LogP contribution in [0.2, 0.25) is 10.0 Å². The number of methoxy groups -OCH3 is 1. The number of rotatable bonds is 9. The third-order valence-electron chi connectivity index (χ3n) is 7.75. The van der Waals surface area contributed by atoms with Gasteiger partial charge in [0.1, 0.15) is 29.2 Å². The van der Waals surface area contributed by atoms with Crippen LogP contribution in [0.15, 0.2) is 54.6 Å². The second-order valence-corrected chi connectivity index (χ2v) is 12.7. The largest absolute Gasteiger partial charge is 0.495 e. The number of carboxylic acids is 1. The summed E-state index contributed by atoms with van der Waals surface area (Å²) < 4.78 is 37.0. The van der Waals surface area contributed by atoms with Gasteiger partial charge >= 0.3 is 5.97 Å². The lowest BCUT2D eigenvalue weighted by molar-refractivity contribution is -0.113. The topological polar surface area (TPSA) is 114 Å². The van der Waals surface area contributed by atoms with Crippen molar-refractivity contribution >= 4 is 41.1 Å². The number of carbonyl (C=O) groups is 2. The van der Waals surface area contributed by atoms with Crippen LogP contribution >= 0.6 is 23.2 Å². The Kier molecular flexibility index (Phi) is 8.90. The van der Waals surface area contributed by atoms with Crippen molar-refractivity contribution in [3.05, 3.63) is 93.0 Å². The molecular formula is C31H33Cl2F2N3O4. The molecule has 1 heterocycles. The Balaban J connectivity index is 1.95. The Morgan fingerprint density at radius 2 is 1.88 bits per heavy atom. The lowest BCUT2D eigenvalue weighted by Gasteiger charge is -2.41. The van der Waals surface area contributed by atoms with Crippen LogP contribution in [0.1, 0.15) is 54.6 Å². The maximum Gasteiger partial charge on any atom is 0.335 e. The Labute approximate surface area is 253 Å². The van der Waals surface area contributed by atoms with Crippen molar-refractivity contribution in [2.75, 3.05) is 19.0 Å². The van der Waals surface area contributed by atoms with Crippen LogP contribution < -0.4 is 21.1 Å². The van der Waals surface area contributed by atoms with E-state index in [2.05, 4.69) is 10.6 Å². The molecule has 7 nitrogen and oxygen atoms in total. The number of hydrogen-bond acceptors (Lipinski definition) is 6. The Morgan fingerprint density at radius 1 is 1.17 bits per heavy atom. The van der Waals surface area contributed by atoms with Gasteiger partial charge in [0.25, 0.3) is 0 Å². The van der Waals surface area contributed by atoms with Gasteiger partial charge < -0.3 is 25.7 Å². The van der Waals surface area contributed by atoms with Crippen molar-refractivity contribution < 1.29 is 28.2 Å². The summed E-state index contributed by atoms with van der Waals surface area (Å²) in [5.74, 6) is -3.56. The number of halogens is 4. The molecule has 3 aromatic rings. The molecular weight excluding hydrogens is 587 g/mol. The Bertz CT molecular complexity index is 1520. The summed E-state index contributed by atoms with van der Waals surface area (Å²) in [6.45, 7) is 5.80. The van der Waals surface area contributed by atoms with Crippen molar-refractivity contribution in [3.8, 4) is 5.75 Å². The van der Waals surface area contributed by atoms with Gasteiger partial charge in [-0.1, -0.05) is 62.2 Å². The molecule has 0 aromatic heterocycles. The normalized spacial score (nSPS) is 23.9. The molecule has 0 radical (unpaired) electrons. The third kappa shape index (κ3) is 5.83. The van der Waals surface area contributed by atoms with Crippen molar-refractivity contribution in [1.29, 1.82) is 0 Å². The molecule has 3 aromatic carbocycles. The first-order chi connectivity index (χ1) is 19.7. The first kappa shape index (κ1) is 31.7. The molecule has 0 amide bonds. The summed E-state index contributed by atoms with van der Waals surface area (Å²) in [5.41, 5.74) is 4.16. The number of anilines is 1. The van der Waals surface area contributed by atoms with Crippen LogP contribution in [0, 0.1) is 17.0 Å². The van der Waals surface area contributed by atoms with E-state index in [4.69, 9.17) is 33.7 Å². The maximum absolute atomic E-state index is 15.9. The number of nitrogens with one attached hydrogen (secondary N) is 2. The monoisotopic (exact) mass is 619 g/mol. The molecule has 1 aliphatic rings. The van der Waals surface area contributed by atoms with Crippen LogP contribution in [-0.2, 0) is 10.3 Å². The maximum atomic E-state index is 15.9. The van der Waals surface area contributed by atoms with E-state index in [1.54, 1.807) is 6.07 Å². The standard InChI is InChI=1S/C31H33Cl2F2N3O4/c1-29(2,3)14-25-31(36,20-10-9-18(32)13-22(20)34)27(19-6-5-7-21(33)26(19)35)30(16-39,38-25)15-37-23-11-8-17(28(40)41)12-24(23)42-4/h5-13,16,25,27,37-38H,14-15,36H2,1-4H3,(H,40,41)/t25-,27-,30?,31+/m0/s1. The van der Waals surface area contributed by atoms with E-state index in [1.807, 2.05) is 20.8 Å². The molecule has 0 aliphatic carbocycles. The molecule has 42 heavy (non-hydrogen) atoms. The molecule has 0 spiro atoms. The molecule has 4 rings (SSSR count). The molecule has 224 valence electrons. The van der Waals surface area contributed by atoms with Crippen LogP contribution in [0.25, 0.3) is 0 Å². The summed E-state index contributed by atoms with van der Waals surface area (Å²) in [6, 6.07) is 12.0. The van der Waals surface area contributed by atoms with Crippen molar-refractivity contribution in [1.82, 2.24) is 5.32 Å². The summed E-state index contributed by atoms with van der Waals surface area (Å²) in [5, 5.41) is 15.9. The van der Waals surface area contributed by atoms with Gasteiger partial charge in [0.2, 0.25) is 0 Å². The number of aromatic carboxylic acids is 1. The number of hydrogen-bond donors (Lipinski definition) is 4. The second kappa shape index (κ2) is 11.8. The first-order valence-corrected chi connectivity index (χ1v) is 14.0. The number of ether oxygens (including phenoxy) is 1. The number of nitrogens with two attached hydrogens (primary N) is 1. The quantitative estimate of drug-likeness (QED) is 0.206. The van der Waals surface area contributed by atoms with Gasteiger partial charge in [-0.3, -0.25) is 5.32 Å². The molecule has 0 saturated carbocycles. The van der Waals surface area contributed by atoms with Crippen LogP contribution in [-0.4, -0.2) is 42.6 Å². The SMILES string of the molecule is COc1cc(C(=O)O)ccc1NCC1(C=O)N[C@@H](CC(C)(C)C)[C@](N)(c2ccc(Cl)cc2F)[C@H]1c1cccc(Cl)c1F. The lowest BCUT2D eigenvalue weighted by atomic mass is 9.65. The molecule has 1 unspecified atom stereocenters. The highest BCUT2D eigenvalue weighted by Crippen LogP contribution is 2.53. The van der Waals surface area contributed by atoms with Gasteiger partial charge in [-0.2, -0.15) is 0 Å². The molecule has 0 bridgehead atoms. The zero-order valence-corrected chi connectivity index (χ0v) is 25.1. The molecule has 5 N–H and O–H groups in total. The van der Waals surface area contributed by atoms with Crippen molar-refractivity contribution in [2.24, 2.45) is 11.1 Å². The highest BCUT2D eigenvalue weighted by atomic mass is 35.5. The predicted octanol–water partition coefficient (Wildman–Crippen LogP) is 6.37. The summed E-state index contributed by atoms with van der Waals surface area (Å²) in [6.07, 6.45) is 1.04. The molecule has 1 fully saturated rings. The van der Waals surface area contributed by atoms with Gasteiger partial charge in [0, 0.05) is 29.1 Å². The van der Waals surface area contributed by atoms with Crippen LogP contribution in [0.5, 0.6) is 5.75 Å². The fourth-order valence-corrected chi connectivity index (χ4v) is 6.30. The number of benzene rings is 3. The van der Waals surface area contributed by atoms with Gasteiger partial charge in [-0.25, -0.2) is 13.6 Å².